The number of carbonyl (C=O) groups is 1. The third kappa shape index (κ3) is 4.65. The number of nitrogens with zero attached hydrogens (tertiary/aromatic N) is 2. The molecule has 0 aliphatic heterocycles. The van der Waals surface area contributed by atoms with Crippen LogP contribution in [-0.4, -0.2) is 30.0 Å². The minimum atomic E-state index is -4.71. The standard InChI is InChI=1S/C22H19F3N4O/c1-13-5-3-4-6-17(13)16-9-14-7-8-15(10-18(14)28-12-16)21(30)29-20(27-2)11-19(26)22(23,24)25/h3-12H,26H2,1-2H3,(H,27,29,30). The summed E-state index contributed by atoms with van der Waals surface area (Å²) in [5.74, 6) is -0.911. The highest BCUT2D eigenvalue weighted by Gasteiger charge is 2.31. The van der Waals surface area contributed by atoms with Crippen LogP contribution < -0.4 is 11.1 Å². The van der Waals surface area contributed by atoms with Crippen LogP contribution in [-0.2, 0) is 0 Å². The summed E-state index contributed by atoms with van der Waals surface area (Å²) in [6.45, 7) is 2.01. The average Bonchev–Trinajstić information content (AvgIpc) is 2.72. The van der Waals surface area contributed by atoms with Crippen LogP contribution in [0.3, 0.4) is 0 Å². The fourth-order valence-corrected chi connectivity index (χ4v) is 2.88. The summed E-state index contributed by atoms with van der Waals surface area (Å²) >= 11 is 0. The van der Waals surface area contributed by atoms with Crippen molar-refractivity contribution in [2.24, 2.45) is 10.7 Å². The van der Waals surface area contributed by atoms with E-state index >= 15 is 0 Å². The van der Waals surface area contributed by atoms with Crippen LogP contribution in [0.15, 0.2) is 71.5 Å². The first kappa shape index (κ1) is 21.0. The van der Waals surface area contributed by atoms with Gasteiger partial charge in [-0.05, 0) is 36.2 Å². The maximum Gasteiger partial charge on any atom is 0.430 e. The summed E-state index contributed by atoms with van der Waals surface area (Å²) in [6.07, 6.45) is -2.41. The molecule has 0 atom stereocenters. The number of aliphatic imine (C=N–C) groups is 1. The molecule has 1 amide bonds. The zero-order valence-corrected chi connectivity index (χ0v) is 16.3. The first-order valence-corrected chi connectivity index (χ1v) is 8.97. The van der Waals surface area contributed by atoms with E-state index in [-0.39, 0.29) is 11.4 Å². The second-order valence-electron chi connectivity index (χ2n) is 6.61. The third-order valence-corrected chi connectivity index (χ3v) is 4.50. The van der Waals surface area contributed by atoms with Gasteiger partial charge in [0.05, 0.1) is 5.52 Å². The van der Waals surface area contributed by atoms with Crippen molar-refractivity contribution in [3.05, 3.63) is 77.6 Å². The van der Waals surface area contributed by atoms with Crippen LogP contribution in [0.4, 0.5) is 13.2 Å². The van der Waals surface area contributed by atoms with E-state index < -0.39 is 17.8 Å². The van der Waals surface area contributed by atoms with Crippen molar-refractivity contribution in [1.82, 2.24) is 10.3 Å². The lowest BCUT2D eigenvalue weighted by Gasteiger charge is -2.10. The molecular weight excluding hydrogens is 393 g/mol. The van der Waals surface area contributed by atoms with Gasteiger partial charge in [0, 0.05) is 35.8 Å². The molecular formula is C22H19F3N4O. The number of halogens is 3. The maximum absolute atomic E-state index is 12.6. The molecule has 154 valence electrons. The number of aryl methyl sites for hydroxylation is 1. The number of allylic oxidation sites excluding steroid dienone is 1. The highest BCUT2D eigenvalue weighted by atomic mass is 19.4. The van der Waals surface area contributed by atoms with Crippen molar-refractivity contribution in [2.45, 2.75) is 13.1 Å². The Morgan fingerprint density at radius 1 is 1.17 bits per heavy atom. The number of pyridine rings is 1. The van der Waals surface area contributed by atoms with Crippen LogP contribution in [0.1, 0.15) is 15.9 Å². The largest absolute Gasteiger partial charge is 0.430 e. The fraction of sp³-hybridized carbons (Fsp3) is 0.136. The van der Waals surface area contributed by atoms with Gasteiger partial charge in [-0.3, -0.25) is 14.8 Å². The van der Waals surface area contributed by atoms with E-state index in [4.69, 9.17) is 5.73 Å². The summed E-state index contributed by atoms with van der Waals surface area (Å²) in [4.78, 5) is 20.5. The van der Waals surface area contributed by atoms with Gasteiger partial charge < -0.3 is 11.1 Å². The molecule has 1 heterocycles. The molecule has 0 radical (unpaired) electrons. The zero-order chi connectivity index (χ0) is 21.9. The Balaban J connectivity index is 1.86. The van der Waals surface area contributed by atoms with Gasteiger partial charge in [0.1, 0.15) is 11.5 Å². The Hall–Kier alpha value is -3.68. The van der Waals surface area contributed by atoms with Crippen molar-refractivity contribution < 1.29 is 18.0 Å². The molecule has 0 spiro atoms. The number of hydrogen-bond acceptors (Lipinski definition) is 4. The molecule has 1 aromatic heterocycles. The minimum absolute atomic E-state index is 0.235. The molecule has 3 rings (SSSR count). The van der Waals surface area contributed by atoms with E-state index in [1.807, 2.05) is 37.3 Å². The molecule has 3 aromatic rings. The van der Waals surface area contributed by atoms with Gasteiger partial charge in [0.25, 0.3) is 5.91 Å². The van der Waals surface area contributed by atoms with Gasteiger partial charge in [-0.2, -0.15) is 13.2 Å². The van der Waals surface area contributed by atoms with Gasteiger partial charge in [-0.25, -0.2) is 0 Å². The van der Waals surface area contributed by atoms with E-state index in [9.17, 15) is 18.0 Å². The number of fused-ring (bicyclic) bond motifs is 1. The van der Waals surface area contributed by atoms with Crippen LogP contribution in [0.25, 0.3) is 22.0 Å². The quantitative estimate of drug-likeness (QED) is 0.495. The van der Waals surface area contributed by atoms with Crippen molar-refractivity contribution in [2.75, 3.05) is 7.05 Å². The van der Waals surface area contributed by atoms with E-state index in [0.29, 0.717) is 11.6 Å². The molecule has 3 N–H and O–H groups in total. The summed E-state index contributed by atoms with van der Waals surface area (Å²) in [5, 5.41) is 3.15. The normalized spacial score (nSPS) is 12.8. The second kappa shape index (κ2) is 8.36. The molecule has 0 fully saturated rings. The van der Waals surface area contributed by atoms with Gasteiger partial charge in [0.15, 0.2) is 0 Å². The molecule has 5 nitrogen and oxygen atoms in total. The predicted octanol–water partition coefficient (Wildman–Crippen LogP) is 4.37. The first-order chi connectivity index (χ1) is 14.2. The average molecular weight is 412 g/mol. The Bertz CT molecular complexity index is 1170. The number of nitrogens with two attached hydrogens (primary N) is 1. The topological polar surface area (TPSA) is 80.4 Å². The van der Waals surface area contributed by atoms with Crippen molar-refractivity contribution >= 4 is 22.6 Å². The Morgan fingerprint density at radius 3 is 2.57 bits per heavy atom. The lowest BCUT2D eigenvalue weighted by molar-refractivity contribution is -0.0925. The summed E-state index contributed by atoms with van der Waals surface area (Å²) in [6, 6.07) is 14.8. The number of alkyl halides is 3. The van der Waals surface area contributed by atoms with Crippen LogP contribution in [0, 0.1) is 6.92 Å². The first-order valence-electron chi connectivity index (χ1n) is 8.97. The predicted molar refractivity (Wildman–Crippen MR) is 111 cm³/mol. The third-order valence-electron chi connectivity index (χ3n) is 4.50. The fourth-order valence-electron chi connectivity index (χ4n) is 2.88. The van der Waals surface area contributed by atoms with Gasteiger partial charge in [0.2, 0.25) is 0 Å². The van der Waals surface area contributed by atoms with Crippen molar-refractivity contribution in [1.29, 1.82) is 0 Å². The smallest absolute Gasteiger partial charge is 0.395 e. The minimum Gasteiger partial charge on any atom is -0.395 e. The lowest BCUT2D eigenvalue weighted by Crippen LogP contribution is -2.31. The van der Waals surface area contributed by atoms with E-state index in [1.165, 1.54) is 7.05 Å². The summed E-state index contributed by atoms with van der Waals surface area (Å²) < 4.78 is 37.8. The Kier molecular flexibility index (Phi) is 5.86. The number of benzene rings is 2. The van der Waals surface area contributed by atoms with Crippen LogP contribution >= 0.6 is 0 Å². The molecule has 0 bridgehead atoms. The van der Waals surface area contributed by atoms with Gasteiger partial charge >= 0.3 is 6.18 Å². The molecule has 0 unspecified atom stereocenters. The highest BCUT2D eigenvalue weighted by molar-refractivity contribution is 6.11. The number of carbonyl (C=O) groups excluding carboxylic acids is 1. The number of amides is 1. The molecule has 30 heavy (non-hydrogen) atoms. The summed E-state index contributed by atoms with van der Waals surface area (Å²) in [5.41, 5.74) is 7.58. The molecule has 8 heteroatoms. The molecule has 0 aliphatic rings. The number of hydrogen-bond donors (Lipinski definition) is 2. The molecule has 0 saturated carbocycles. The second-order valence-corrected chi connectivity index (χ2v) is 6.61. The van der Waals surface area contributed by atoms with E-state index in [1.54, 1.807) is 24.4 Å². The number of amidine groups is 1. The van der Waals surface area contributed by atoms with Crippen molar-refractivity contribution in [3.8, 4) is 11.1 Å². The summed E-state index contributed by atoms with van der Waals surface area (Å²) in [7, 11) is 1.25. The van der Waals surface area contributed by atoms with Crippen LogP contribution in [0.5, 0.6) is 0 Å². The SMILES string of the molecule is CN=C(C=C(N)C(F)(F)F)NC(=O)c1ccc2cc(-c3ccccc3C)cnc2c1. The van der Waals surface area contributed by atoms with Crippen molar-refractivity contribution in [3.63, 3.8) is 0 Å². The number of rotatable bonds is 3. The molecule has 0 aliphatic carbocycles. The maximum atomic E-state index is 12.6. The molecule has 0 saturated heterocycles. The Morgan fingerprint density at radius 2 is 1.90 bits per heavy atom. The van der Waals surface area contributed by atoms with Gasteiger partial charge in [-0.1, -0.05) is 30.3 Å². The van der Waals surface area contributed by atoms with Gasteiger partial charge in [-0.15, -0.1) is 0 Å². The Labute approximate surface area is 171 Å². The van der Waals surface area contributed by atoms with E-state index in [2.05, 4.69) is 15.3 Å². The molecule has 2 aromatic carbocycles. The number of aromatic nitrogens is 1. The lowest BCUT2D eigenvalue weighted by atomic mass is 10.0. The monoisotopic (exact) mass is 412 g/mol. The number of nitrogens with one attached hydrogen (secondary N) is 1. The zero-order valence-electron chi connectivity index (χ0n) is 16.3. The van der Waals surface area contributed by atoms with Crippen LogP contribution in [0.2, 0.25) is 0 Å². The van der Waals surface area contributed by atoms with E-state index in [0.717, 1.165) is 22.1 Å². The highest BCUT2D eigenvalue weighted by Crippen LogP contribution is 2.26.